The Hall–Kier alpha value is -0.850. The molecule has 2 nitrogen and oxygen atoms in total. The maximum Gasteiger partial charge on any atom is 0.416 e. The van der Waals surface area contributed by atoms with Crippen molar-refractivity contribution in [3.05, 3.63) is 35.1 Å². The molecule has 2 atom stereocenters. The summed E-state index contributed by atoms with van der Waals surface area (Å²) in [6.45, 7) is 2.75. The van der Waals surface area contributed by atoms with E-state index in [4.69, 9.17) is 5.73 Å². The molecule has 1 aliphatic heterocycles. The van der Waals surface area contributed by atoms with Gasteiger partial charge in [0.2, 0.25) is 0 Å². The molecule has 2 N–H and O–H groups in total. The van der Waals surface area contributed by atoms with Crippen molar-refractivity contribution in [2.45, 2.75) is 51.0 Å². The zero-order valence-corrected chi connectivity index (χ0v) is 13.2. The average molecular weight is 341 g/mol. The molecule has 126 valence electrons. The lowest BCUT2D eigenvalue weighted by Crippen LogP contribution is -2.48. The van der Waals surface area contributed by atoms with Gasteiger partial charge in [0, 0.05) is 18.6 Å². The van der Waals surface area contributed by atoms with Gasteiger partial charge in [-0.2, -0.15) is 13.2 Å². The monoisotopic (exact) mass is 340 g/mol. The molecule has 0 radical (unpaired) electrons. The summed E-state index contributed by atoms with van der Waals surface area (Å²) >= 11 is 0. The molecular formula is C15H21ClF4N2. The molecule has 0 aromatic heterocycles. The molecule has 1 heterocycles. The summed E-state index contributed by atoms with van der Waals surface area (Å²) in [6, 6.07) is 2.85. The molecule has 22 heavy (non-hydrogen) atoms. The average Bonchev–Trinajstić information content (AvgIpc) is 2.40. The Morgan fingerprint density at radius 3 is 2.59 bits per heavy atom. The first kappa shape index (κ1) is 19.2. The lowest BCUT2D eigenvalue weighted by molar-refractivity contribution is -0.138. The number of hydrogen-bond acceptors (Lipinski definition) is 2. The molecule has 1 saturated heterocycles. The number of halogens is 5. The van der Waals surface area contributed by atoms with Crippen LogP contribution in [0.4, 0.5) is 17.6 Å². The van der Waals surface area contributed by atoms with Gasteiger partial charge >= 0.3 is 6.18 Å². The summed E-state index contributed by atoms with van der Waals surface area (Å²) in [5, 5.41) is 0. The van der Waals surface area contributed by atoms with Gasteiger partial charge in [0.1, 0.15) is 5.82 Å². The summed E-state index contributed by atoms with van der Waals surface area (Å²) in [7, 11) is 0. The third-order valence-corrected chi connectivity index (χ3v) is 4.02. The SMILES string of the molecule is CC(N)C1CCCCN1Cc1ccc(F)cc1C(F)(F)F.Cl. The van der Waals surface area contributed by atoms with E-state index in [1.54, 1.807) is 0 Å². The van der Waals surface area contributed by atoms with E-state index < -0.39 is 17.6 Å². The highest BCUT2D eigenvalue weighted by Crippen LogP contribution is 2.34. The number of alkyl halides is 3. The van der Waals surface area contributed by atoms with Crippen LogP contribution >= 0.6 is 12.4 Å². The Bertz CT molecular complexity index is 491. The van der Waals surface area contributed by atoms with E-state index in [1.165, 1.54) is 6.07 Å². The minimum atomic E-state index is -4.54. The fourth-order valence-corrected chi connectivity index (χ4v) is 2.98. The van der Waals surface area contributed by atoms with E-state index in [2.05, 4.69) is 0 Å². The Kier molecular flexibility index (Phi) is 6.65. The van der Waals surface area contributed by atoms with Crippen LogP contribution in [0.2, 0.25) is 0 Å². The molecule has 0 spiro atoms. The number of benzene rings is 1. The quantitative estimate of drug-likeness (QED) is 0.844. The van der Waals surface area contributed by atoms with Crippen molar-refractivity contribution in [3.63, 3.8) is 0 Å². The van der Waals surface area contributed by atoms with Gasteiger partial charge < -0.3 is 5.73 Å². The highest BCUT2D eigenvalue weighted by molar-refractivity contribution is 5.85. The van der Waals surface area contributed by atoms with Crippen LogP contribution in [0, 0.1) is 5.82 Å². The highest BCUT2D eigenvalue weighted by atomic mass is 35.5. The fourth-order valence-electron chi connectivity index (χ4n) is 2.98. The standard InChI is InChI=1S/C15H20F4N2.ClH/c1-10(20)14-4-2-3-7-21(14)9-11-5-6-12(16)8-13(11)15(17,18)19;/h5-6,8,10,14H,2-4,7,9,20H2,1H3;1H. The second-order valence-corrected chi connectivity index (χ2v) is 5.69. The van der Waals surface area contributed by atoms with E-state index in [1.807, 2.05) is 11.8 Å². The Labute approximate surface area is 134 Å². The molecule has 0 bridgehead atoms. The van der Waals surface area contributed by atoms with Gasteiger partial charge in [0.25, 0.3) is 0 Å². The zero-order chi connectivity index (χ0) is 15.6. The third-order valence-electron chi connectivity index (χ3n) is 4.02. The van der Waals surface area contributed by atoms with Crippen molar-refractivity contribution in [2.24, 2.45) is 5.73 Å². The number of hydrogen-bond donors (Lipinski definition) is 1. The normalized spacial score (nSPS) is 21.3. The smallest absolute Gasteiger partial charge is 0.327 e. The van der Waals surface area contributed by atoms with Crippen LogP contribution in [0.1, 0.15) is 37.3 Å². The predicted octanol–water partition coefficient (Wildman–Crippen LogP) is 3.97. The summed E-state index contributed by atoms with van der Waals surface area (Å²) in [6.07, 6.45) is -1.67. The van der Waals surface area contributed by atoms with Crippen LogP contribution in [0.25, 0.3) is 0 Å². The zero-order valence-electron chi connectivity index (χ0n) is 12.4. The number of piperidine rings is 1. The summed E-state index contributed by atoms with van der Waals surface area (Å²) in [5.41, 5.74) is 5.15. The maximum absolute atomic E-state index is 13.1. The van der Waals surface area contributed by atoms with Crippen molar-refractivity contribution < 1.29 is 17.6 Å². The first-order valence-corrected chi connectivity index (χ1v) is 7.14. The Morgan fingerprint density at radius 1 is 1.32 bits per heavy atom. The predicted molar refractivity (Wildman–Crippen MR) is 80.3 cm³/mol. The molecular weight excluding hydrogens is 320 g/mol. The number of likely N-dealkylation sites (tertiary alicyclic amines) is 1. The van der Waals surface area contributed by atoms with E-state index in [0.29, 0.717) is 6.07 Å². The maximum atomic E-state index is 13.1. The summed E-state index contributed by atoms with van der Waals surface area (Å²) < 4.78 is 52.2. The van der Waals surface area contributed by atoms with Crippen molar-refractivity contribution in [1.82, 2.24) is 4.90 Å². The highest BCUT2D eigenvalue weighted by Gasteiger charge is 2.35. The van der Waals surface area contributed by atoms with Gasteiger partial charge in [0.05, 0.1) is 5.56 Å². The molecule has 1 aliphatic rings. The number of nitrogens with zero attached hydrogens (tertiary/aromatic N) is 1. The van der Waals surface area contributed by atoms with Crippen LogP contribution in [-0.4, -0.2) is 23.5 Å². The van der Waals surface area contributed by atoms with Gasteiger partial charge in [-0.3, -0.25) is 4.90 Å². The fraction of sp³-hybridized carbons (Fsp3) is 0.600. The van der Waals surface area contributed by atoms with Crippen LogP contribution in [0.15, 0.2) is 18.2 Å². The van der Waals surface area contributed by atoms with Gasteiger partial charge in [-0.15, -0.1) is 12.4 Å². The van der Waals surface area contributed by atoms with Crippen molar-refractivity contribution in [1.29, 1.82) is 0 Å². The first-order valence-electron chi connectivity index (χ1n) is 7.14. The van der Waals surface area contributed by atoms with E-state index in [-0.39, 0.29) is 36.6 Å². The second kappa shape index (κ2) is 7.62. The van der Waals surface area contributed by atoms with Crippen molar-refractivity contribution in [3.8, 4) is 0 Å². The second-order valence-electron chi connectivity index (χ2n) is 5.69. The van der Waals surface area contributed by atoms with Crippen LogP contribution in [0.5, 0.6) is 0 Å². The lowest BCUT2D eigenvalue weighted by Gasteiger charge is -2.38. The van der Waals surface area contributed by atoms with Gasteiger partial charge in [-0.05, 0) is 44.0 Å². The minimum Gasteiger partial charge on any atom is -0.327 e. The molecule has 0 aliphatic carbocycles. The van der Waals surface area contributed by atoms with Crippen molar-refractivity contribution >= 4 is 12.4 Å². The van der Waals surface area contributed by atoms with Crippen LogP contribution in [-0.2, 0) is 12.7 Å². The topological polar surface area (TPSA) is 29.3 Å². The Balaban J connectivity index is 0.00000242. The Morgan fingerprint density at radius 2 is 2.00 bits per heavy atom. The third kappa shape index (κ3) is 4.57. The van der Waals surface area contributed by atoms with E-state index in [9.17, 15) is 17.6 Å². The van der Waals surface area contributed by atoms with E-state index in [0.717, 1.165) is 31.9 Å². The molecule has 1 fully saturated rings. The molecule has 2 unspecified atom stereocenters. The molecule has 1 aromatic rings. The van der Waals surface area contributed by atoms with Gasteiger partial charge in [-0.1, -0.05) is 12.5 Å². The van der Waals surface area contributed by atoms with E-state index >= 15 is 0 Å². The largest absolute Gasteiger partial charge is 0.416 e. The van der Waals surface area contributed by atoms with Gasteiger partial charge in [0.15, 0.2) is 0 Å². The molecule has 7 heteroatoms. The summed E-state index contributed by atoms with van der Waals surface area (Å²) in [4.78, 5) is 1.98. The minimum absolute atomic E-state index is 0. The molecule has 0 amide bonds. The van der Waals surface area contributed by atoms with Crippen LogP contribution in [0.3, 0.4) is 0 Å². The molecule has 0 saturated carbocycles. The summed E-state index contributed by atoms with van der Waals surface area (Å²) in [5.74, 6) is -0.867. The first-order chi connectivity index (χ1) is 9.79. The molecule has 2 rings (SSSR count). The van der Waals surface area contributed by atoms with Crippen LogP contribution < -0.4 is 5.73 Å². The number of nitrogens with two attached hydrogens (primary N) is 1. The van der Waals surface area contributed by atoms with Gasteiger partial charge in [-0.25, -0.2) is 4.39 Å². The molecule has 1 aromatic carbocycles. The lowest BCUT2D eigenvalue weighted by atomic mass is 9.95. The van der Waals surface area contributed by atoms with Crippen molar-refractivity contribution in [2.75, 3.05) is 6.54 Å². The number of rotatable bonds is 3.